The number of carbonyl (C=O) groups excluding carboxylic acids is 2. The molecule has 1 saturated heterocycles. The number of esters is 1. The first-order valence-corrected chi connectivity index (χ1v) is 4.01. The Hall–Kier alpha value is -1.52. The van der Waals surface area contributed by atoms with E-state index in [1.807, 2.05) is 0 Å². The van der Waals surface area contributed by atoms with Gasteiger partial charge >= 0.3 is 12.0 Å². The van der Waals surface area contributed by atoms with Crippen LogP contribution in [0.3, 0.4) is 0 Å². The standard InChI is InChI=1S/C5H8O2.C3H6N2O/c1-3-5(6)7-4-2;6-3-4-1-2-5-3/h3H,1,4H2,2H3;1-2H2,(H2,4,5,6). The van der Waals surface area contributed by atoms with Crippen molar-refractivity contribution in [3.8, 4) is 0 Å². The van der Waals surface area contributed by atoms with Crippen LogP contribution in [0.25, 0.3) is 0 Å². The quantitative estimate of drug-likeness (QED) is 0.472. The van der Waals surface area contributed by atoms with Crippen molar-refractivity contribution in [2.45, 2.75) is 6.92 Å². The summed E-state index contributed by atoms with van der Waals surface area (Å²) in [6.45, 7) is 6.93. The van der Waals surface area contributed by atoms with Crippen LogP contribution in [0.5, 0.6) is 0 Å². The van der Waals surface area contributed by atoms with Crippen molar-refractivity contribution in [3.63, 3.8) is 0 Å². The minimum Gasteiger partial charge on any atom is -0.463 e. The highest BCUT2D eigenvalue weighted by Crippen LogP contribution is 1.74. The molecule has 1 fully saturated rings. The topological polar surface area (TPSA) is 67.4 Å². The van der Waals surface area contributed by atoms with Gasteiger partial charge in [0.1, 0.15) is 0 Å². The van der Waals surface area contributed by atoms with E-state index in [4.69, 9.17) is 0 Å². The summed E-state index contributed by atoms with van der Waals surface area (Å²) >= 11 is 0. The summed E-state index contributed by atoms with van der Waals surface area (Å²) in [7, 11) is 0. The Bertz CT molecular complexity index is 184. The van der Waals surface area contributed by atoms with E-state index in [1.54, 1.807) is 6.92 Å². The normalized spacial score (nSPS) is 13.2. The summed E-state index contributed by atoms with van der Waals surface area (Å²) in [5, 5.41) is 5.14. The highest BCUT2D eigenvalue weighted by atomic mass is 16.5. The molecule has 0 aliphatic carbocycles. The average Bonchev–Trinajstić information content (AvgIpc) is 2.57. The number of hydrogen-bond donors (Lipinski definition) is 2. The second-order valence-corrected chi connectivity index (χ2v) is 2.14. The van der Waals surface area contributed by atoms with Crippen LogP contribution in [-0.4, -0.2) is 31.7 Å². The van der Waals surface area contributed by atoms with Gasteiger partial charge in [0, 0.05) is 19.2 Å². The van der Waals surface area contributed by atoms with Gasteiger partial charge in [-0.05, 0) is 6.92 Å². The SMILES string of the molecule is C=CC(=O)OCC.O=C1NCCN1. The minimum absolute atomic E-state index is 0.0463. The molecule has 0 unspecified atom stereocenters. The van der Waals surface area contributed by atoms with Gasteiger partial charge in [0.15, 0.2) is 0 Å². The third-order valence-electron chi connectivity index (χ3n) is 1.15. The highest BCUT2D eigenvalue weighted by molar-refractivity contribution is 5.81. The molecule has 1 rings (SSSR count). The third kappa shape index (κ3) is 6.86. The van der Waals surface area contributed by atoms with Gasteiger partial charge in [-0.1, -0.05) is 6.58 Å². The first kappa shape index (κ1) is 11.5. The zero-order chi connectivity index (χ0) is 10.1. The molecule has 0 aromatic carbocycles. The molecule has 74 valence electrons. The Morgan fingerprint density at radius 1 is 1.62 bits per heavy atom. The molecule has 2 amide bonds. The molecule has 0 aromatic heterocycles. The van der Waals surface area contributed by atoms with Crippen LogP contribution in [0.1, 0.15) is 6.92 Å². The first-order chi connectivity index (χ1) is 6.20. The van der Waals surface area contributed by atoms with E-state index < -0.39 is 0 Å². The van der Waals surface area contributed by atoms with E-state index in [0.29, 0.717) is 6.61 Å². The van der Waals surface area contributed by atoms with Crippen molar-refractivity contribution in [2.75, 3.05) is 19.7 Å². The molecule has 0 aromatic rings. The van der Waals surface area contributed by atoms with Crippen molar-refractivity contribution in [1.29, 1.82) is 0 Å². The third-order valence-corrected chi connectivity index (χ3v) is 1.15. The summed E-state index contributed by atoms with van der Waals surface area (Å²) in [6, 6.07) is -0.0463. The summed E-state index contributed by atoms with van der Waals surface area (Å²) in [5.41, 5.74) is 0. The van der Waals surface area contributed by atoms with E-state index in [0.717, 1.165) is 19.2 Å². The van der Waals surface area contributed by atoms with Gasteiger partial charge in [0.25, 0.3) is 0 Å². The molecular weight excluding hydrogens is 172 g/mol. The monoisotopic (exact) mass is 186 g/mol. The van der Waals surface area contributed by atoms with Crippen LogP contribution in [0, 0.1) is 0 Å². The maximum Gasteiger partial charge on any atom is 0.330 e. The molecule has 5 nitrogen and oxygen atoms in total. The largest absolute Gasteiger partial charge is 0.463 e. The van der Waals surface area contributed by atoms with Crippen molar-refractivity contribution in [2.24, 2.45) is 0 Å². The summed E-state index contributed by atoms with van der Waals surface area (Å²) in [6.07, 6.45) is 1.14. The van der Waals surface area contributed by atoms with Gasteiger partial charge in [-0.25, -0.2) is 9.59 Å². The molecular formula is C8H14N2O3. The minimum atomic E-state index is -0.359. The molecule has 1 heterocycles. The van der Waals surface area contributed by atoms with Gasteiger partial charge in [-0.2, -0.15) is 0 Å². The summed E-state index contributed by atoms with van der Waals surface area (Å²) in [5.74, 6) is -0.359. The fraction of sp³-hybridized carbons (Fsp3) is 0.500. The van der Waals surface area contributed by atoms with Gasteiger partial charge in [0.05, 0.1) is 6.61 Å². The Morgan fingerprint density at radius 2 is 2.15 bits per heavy atom. The van der Waals surface area contributed by atoms with Crippen LogP contribution in [0.2, 0.25) is 0 Å². The van der Waals surface area contributed by atoms with Crippen LogP contribution in [0.15, 0.2) is 12.7 Å². The van der Waals surface area contributed by atoms with E-state index >= 15 is 0 Å². The molecule has 0 bridgehead atoms. The van der Waals surface area contributed by atoms with Crippen molar-refractivity contribution in [1.82, 2.24) is 10.6 Å². The molecule has 2 N–H and O–H groups in total. The predicted molar refractivity (Wildman–Crippen MR) is 48.2 cm³/mol. The number of hydrogen-bond acceptors (Lipinski definition) is 3. The van der Waals surface area contributed by atoms with Crippen LogP contribution < -0.4 is 10.6 Å². The van der Waals surface area contributed by atoms with Crippen LogP contribution in [-0.2, 0) is 9.53 Å². The number of ether oxygens (including phenoxy) is 1. The van der Waals surface area contributed by atoms with Gasteiger partial charge in [0.2, 0.25) is 0 Å². The van der Waals surface area contributed by atoms with Gasteiger partial charge in [-0.15, -0.1) is 0 Å². The fourth-order valence-corrected chi connectivity index (χ4v) is 0.616. The van der Waals surface area contributed by atoms with Gasteiger partial charge in [-0.3, -0.25) is 0 Å². The summed E-state index contributed by atoms with van der Waals surface area (Å²) < 4.78 is 4.43. The molecule has 0 saturated carbocycles. The zero-order valence-electron chi connectivity index (χ0n) is 7.63. The van der Waals surface area contributed by atoms with E-state index in [2.05, 4.69) is 21.9 Å². The Balaban J connectivity index is 0.000000223. The molecule has 5 heteroatoms. The highest BCUT2D eigenvalue weighted by Gasteiger charge is 2.03. The van der Waals surface area contributed by atoms with E-state index in [-0.39, 0.29) is 12.0 Å². The second kappa shape index (κ2) is 7.15. The maximum absolute atomic E-state index is 10.1. The Kier molecular flexibility index (Phi) is 6.31. The molecule has 0 atom stereocenters. The molecule has 0 spiro atoms. The van der Waals surface area contributed by atoms with Gasteiger partial charge < -0.3 is 15.4 Å². The number of nitrogens with one attached hydrogen (secondary N) is 2. The lowest BCUT2D eigenvalue weighted by atomic mass is 10.6. The Morgan fingerprint density at radius 3 is 2.31 bits per heavy atom. The van der Waals surface area contributed by atoms with Crippen molar-refractivity contribution in [3.05, 3.63) is 12.7 Å². The molecule has 1 aliphatic heterocycles. The lowest BCUT2D eigenvalue weighted by molar-refractivity contribution is -0.137. The molecule has 0 radical (unpaired) electrons. The summed E-state index contributed by atoms with van der Waals surface area (Å²) in [4.78, 5) is 20.1. The number of carbonyl (C=O) groups is 2. The first-order valence-electron chi connectivity index (χ1n) is 4.01. The van der Waals surface area contributed by atoms with E-state index in [1.165, 1.54) is 0 Å². The van der Waals surface area contributed by atoms with Crippen molar-refractivity contribution < 1.29 is 14.3 Å². The van der Waals surface area contributed by atoms with Crippen LogP contribution >= 0.6 is 0 Å². The number of rotatable bonds is 2. The smallest absolute Gasteiger partial charge is 0.330 e. The van der Waals surface area contributed by atoms with Crippen LogP contribution in [0.4, 0.5) is 4.79 Å². The Labute approximate surface area is 77.1 Å². The zero-order valence-corrected chi connectivity index (χ0v) is 7.63. The molecule has 1 aliphatic rings. The fourth-order valence-electron chi connectivity index (χ4n) is 0.616. The average molecular weight is 186 g/mol. The van der Waals surface area contributed by atoms with E-state index in [9.17, 15) is 9.59 Å². The lowest BCUT2D eigenvalue weighted by Crippen LogP contribution is -2.20. The number of urea groups is 1. The van der Waals surface area contributed by atoms with Crippen molar-refractivity contribution >= 4 is 12.0 Å². The maximum atomic E-state index is 10.1. The number of amides is 2. The second-order valence-electron chi connectivity index (χ2n) is 2.14. The predicted octanol–water partition coefficient (Wildman–Crippen LogP) is 0.0347. The lowest BCUT2D eigenvalue weighted by Gasteiger charge is -1.90. The molecule has 13 heavy (non-hydrogen) atoms.